The zero-order valence-corrected chi connectivity index (χ0v) is 9.56. The molecule has 0 radical (unpaired) electrons. The van der Waals surface area contributed by atoms with Gasteiger partial charge in [0.15, 0.2) is 11.6 Å². The number of pyridine rings is 1. The number of hydrogen-bond acceptors (Lipinski definition) is 3. The first-order valence-corrected chi connectivity index (χ1v) is 5.77. The average molecular weight is 223 g/mol. The maximum Gasteiger partial charge on any atom is 0.165 e. The van der Waals surface area contributed by atoms with E-state index in [-0.39, 0.29) is 5.82 Å². The molecule has 0 unspecified atom stereocenters. The van der Waals surface area contributed by atoms with Gasteiger partial charge in [-0.3, -0.25) is 0 Å². The van der Waals surface area contributed by atoms with Gasteiger partial charge >= 0.3 is 0 Å². The molecule has 0 saturated heterocycles. The summed E-state index contributed by atoms with van der Waals surface area (Å²) in [7, 11) is 1.91. The quantitative estimate of drug-likeness (QED) is 0.833. The SMILES string of the molecule is CN(c1ncccc1F)C1CCC(N)CC1. The van der Waals surface area contributed by atoms with E-state index in [1.807, 2.05) is 11.9 Å². The number of hydrogen-bond donors (Lipinski definition) is 1. The molecule has 0 bridgehead atoms. The maximum absolute atomic E-state index is 13.5. The van der Waals surface area contributed by atoms with Crippen molar-refractivity contribution in [2.24, 2.45) is 5.73 Å². The van der Waals surface area contributed by atoms with Crippen molar-refractivity contribution >= 4 is 5.82 Å². The van der Waals surface area contributed by atoms with E-state index in [4.69, 9.17) is 5.73 Å². The molecule has 2 rings (SSSR count). The molecular formula is C12H18FN3. The van der Waals surface area contributed by atoms with Crippen LogP contribution in [0.5, 0.6) is 0 Å². The minimum Gasteiger partial charge on any atom is -0.354 e. The molecule has 1 fully saturated rings. The molecule has 88 valence electrons. The highest BCUT2D eigenvalue weighted by atomic mass is 19.1. The summed E-state index contributed by atoms with van der Waals surface area (Å²) in [5.74, 6) is 0.197. The van der Waals surface area contributed by atoms with Crippen LogP contribution in [0, 0.1) is 5.82 Å². The monoisotopic (exact) mass is 223 g/mol. The van der Waals surface area contributed by atoms with Gasteiger partial charge in [-0.1, -0.05) is 0 Å². The molecular weight excluding hydrogens is 205 g/mol. The van der Waals surface area contributed by atoms with Gasteiger partial charge in [0, 0.05) is 25.3 Å². The molecule has 0 spiro atoms. The van der Waals surface area contributed by atoms with Crippen molar-refractivity contribution in [1.82, 2.24) is 4.98 Å². The van der Waals surface area contributed by atoms with Crippen LogP contribution in [0.2, 0.25) is 0 Å². The highest BCUT2D eigenvalue weighted by Gasteiger charge is 2.24. The third-order valence-electron chi connectivity index (χ3n) is 3.36. The second-order valence-corrected chi connectivity index (χ2v) is 4.49. The molecule has 1 aliphatic carbocycles. The molecule has 1 aromatic rings. The van der Waals surface area contributed by atoms with E-state index in [0.717, 1.165) is 25.7 Å². The first-order valence-electron chi connectivity index (χ1n) is 5.77. The topological polar surface area (TPSA) is 42.2 Å². The lowest BCUT2D eigenvalue weighted by atomic mass is 9.91. The summed E-state index contributed by atoms with van der Waals surface area (Å²) >= 11 is 0. The lowest BCUT2D eigenvalue weighted by molar-refractivity contribution is 0.381. The van der Waals surface area contributed by atoms with Crippen LogP contribution in [0.25, 0.3) is 0 Å². The van der Waals surface area contributed by atoms with Gasteiger partial charge in [0.2, 0.25) is 0 Å². The molecule has 3 nitrogen and oxygen atoms in total. The number of halogens is 1. The molecule has 1 aromatic heterocycles. The number of aromatic nitrogens is 1. The van der Waals surface area contributed by atoms with Gasteiger partial charge in [-0.05, 0) is 37.8 Å². The first kappa shape index (κ1) is 11.3. The maximum atomic E-state index is 13.5. The van der Waals surface area contributed by atoms with Crippen LogP contribution in [0.3, 0.4) is 0 Å². The third kappa shape index (κ3) is 2.32. The fourth-order valence-corrected chi connectivity index (χ4v) is 2.30. The Labute approximate surface area is 95.5 Å². The Morgan fingerprint density at radius 1 is 1.38 bits per heavy atom. The number of anilines is 1. The van der Waals surface area contributed by atoms with Gasteiger partial charge in [0.05, 0.1) is 0 Å². The first-order chi connectivity index (χ1) is 7.68. The molecule has 2 N–H and O–H groups in total. The molecule has 0 atom stereocenters. The van der Waals surface area contributed by atoms with Crippen LogP contribution in [0.4, 0.5) is 10.2 Å². The molecule has 4 heteroatoms. The minimum atomic E-state index is -0.250. The van der Waals surface area contributed by atoms with Crippen molar-refractivity contribution in [3.63, 3.8) is 0 Å². The molecule has 0 aliphatic heterocycles. The van der Waals surface area contributed by atoms with Gasteiger partial charge in [-0.15, -0.1) is 0 Å². The fraction of sp³-hybridized carbons (Fsp3) is 0.583. The van der Waals surface area contributed by atoms with Crippen LogP contribution in [-0.4, -0.2) is 24.1 Å². The molecule has 1 aliphatic rings. The predicted molar refractivity (Wildman–Crippen MR) is 62.8 cm³/mol. The summed E-state index contributed by atoms with van der Waals surface area (Å²) in [5, 5.41) is 0. The zero-order chi connectivity index (χ0) is 11.5. The smallest absolute Gasteiger partial charge is 0.165 e. The van der Waals surface area contributed by atoms with E-state index < -0.39 is 0 Å². The lowest BCUT2D eigenvalue weighted by Crippen LogP contribution is -2.39. The van der Waals surface area contributed by atoms with Crippen LogP contribution >= 0.6 is 0 Å². The normalized spacial score (nSPS) is 25.4. The van der Waals surface area contributed by atoms with Crippen LogP contribution < -0.4 is 10.6 Å². The Balaban J connectivity index is 2.07. The molecule has 0 aromatic carbocycles. The number of nitrogens with zero attached hydrogens (tertiary/aromatic N) is 2. The van der Waals surface area contributed by atoms with Gasteiger partial charge in [-0.25, -0.2) is 9.37 Å². The minimum absolute atomic E-state index is 0.250. The summed E-state index contributed by atoms with van der Waals surface area (Å²) in [6.07, 6.45) is 5.71. The zero-order valence-electron chi connectivity index (χ0n) is 9.56. The van der Waals surface area contributed by atoms with Crippen molar-refractivity contribution in [2.75, 3.05) is 11.9 Å². The van der Waals surface area contributed by atoms with Crippen molar-refractivity contribution in [2.45, 2.75) is 37.8 Å². The summed E-state index contributed by atoms with van der Waals surface area (Å²) in [6.45, 7) is 0. The Bertz CT molecular complexity index is 348. The Morgan fingerprint density at radius 2 is 2.06 bits per heavy atom. The molecule has 1 saturated carbocycles. The fourth-order valence-electron chi connectivity index (χ4n) is 2.30. The summed E-state index contributed by atoms with van der Waals surface area (Å²) in [4.78, 5) is 6.04. The second-order valence-electron chi connectivity index (χ2n) is 4.49. The van der Waals surface area contributed by atoms with E-state index in [1.165, 1.54) is 6.07 Å². The average Bonchev–Trinajstić information content (AvgIpc) is 2.30. The van der Waals surface area contributed by atoms with Gasteiger partial charge in [0.1, 0.15) is 0 Å². The summed E-state index contributed by atoms with van der Waals surface area (Å²) in [6, 6.07) is 3.75. The van der Waals surface area contributed by atoms with E-state index >= 15 is 0 Å². The second kappa shape index (κ2) is 4.78. The van der Waals surface area contributed by atoms with Gasteiger partial charge < -0.3 is 10.6 Å². The summed E-state index contributed by atoms with van der Waals surface area (Å²) in [5.41, 5.74) is 5.86. The third-order valence-corrected chi connectivity index (χ3v) is 3.36. The highest BCUT2D eigenvalue weighted by Crippen LogP contribution is 2.25. The van der Waals surface area contributed by atoms with Crippen molar-refractivity contribution in [3.05, 3.63) is 24.1 Å². The molecule has 0 amide bonds. The number of rotatable bonds is 2. The largest absolute Gasteiger partial charge is 0.354 e. The van der Waals surface area contributed by atoms with E-state index in [2.05, 4.69) is 4.98 Å². The lowest BCUT2D eigenvalue weighted by Gasteiger charge is -2.34. The van der Waals surface area contributed by atoms with Crippen molar-refractivity contribution < 1.29 is 4.39 Å². The molecule has 1 heterocycles. The van der Waals surface area contributed by atoms with Gasteiger partial charge in [0.25, 0.3) is 0 Å². The van der Waals surface area contributed by atoms with E-state index in [0.29, 0.717) is 17.9 Å². The Hall–Kier alpha value is -1.16. The van der Waals surface area contributed by atoms with Crippen molar-refractivity contribution in [1.29, 1.82) is 0 Å². The Kier molecular flexibility index (Phi) is 3.39. The number of nitrogens with two attached hydrogens (primary N) is 1. The van der Waals surface area contributed by atoms with E-state index in [9.17, 15) is 4.39 Å². The standard InChI is InChI=1S/C12H18FN3/c1-16(10-6-4-9(14)5-7-10)12-11(13)3-2-8-15-12/h2-3,8-10H,4-7,14H2,1H3. The summed E-state index contributed by atoms with van der Waals surface area (Å²) < 4.78 is 13.5. The predicted octanol–water partition coefficient (Wildman–Crippen LogP) is 1.93. The molecule has 16 heavy (non-hydrogen) atoms. The van der Waals surface area contributed by atoms with Crippen LogP contribution in [-0.2, 0) is 0 Å². The Morgan fingerprint density at radius 3 is 2.69 bits per heavy atom. The van der Waals surface area contributed by atoms with Crippen LogP contribution in [0.1, 0.15) is 25.7 Å². The van der Waals surface area contributed by atoms with Crippen molar-refractivity contribution in [3.8, 4) is 0 Å². The van der Waals surface area contributed by atoms with Crippen LogP contribution in [0.15, 0.2) is 18.3 Å². The van der Waals surface area contributed by atoms with Gasteiger partial charge in [-0.2, -0.15) is 0 Å². The highest BCUT2D eigenvalue weighted by molar-refractivity contribution is 5.39. The van der Waals surface area contributed by atoms with E-state index in [1.54, 1.807) is 12.3 Å².